The van der Waals surface area contributed by atoms with Gasteiger partial charge in [-0.05, 0) is 60.3 Å². The van der Waals surface area contributed by atoms with Crippen molar-refractivity contribution < 1.29 is 9.53 Å². The highest BCUT2D eigenvalue weighted by atomic mass is 16.5. The van der Waals surface area contributed by atoms with Crippen LogP contribution in [0, 0.1) is 28.6 Å². The molecule has 0 saturated heterocycles. The standard InChI is InChI=1S/C21H23NO2/c1-20-10-4-3-5-17(20)18(23)12-21(13-22)16-8-7-15(24-2)11-14(16)6-9-19(20)21/h3-4,7-8,11,17,19H,5-6,9-10,12H2,1-2H3/t17-,19+,20-,21-/m0/s1. The monoisotopic (exact) mass is 321 g/mol. The van der Waals surface area contributed by atoms with Crippen molar-refractivity contribution in [2.24, 2.45) is 17.3 Å². The fraction of sp³-hybridized carbons (Fsp3) is 0.524. The zero-order valence-corrected chi connectivity index (χ0v) is 14.3. The third-order valence-corrected chi connectivity index (χ3v) is 6.82. The number of ether oxygens (including phenoxy) is 1. The number of hydrogen-bond donors (Lipinski definition) is 0. The van der Waals surface area contributed by atoms with Gasteiger partial charge in [0.15, 0.2) is 0 Å². The number of fused-ring (bicyclic) bond motifs is 5. The van der Waals surface area contributed by atoms with E-state index < -0.39 is 5.41 Å². The highest BCUT2D eigenvalue weighted by Crippen LogP contribution is 2.61. The summed E-state index contributed by atoms with van der Waals surface area (Å²) in [4.78, 5) is 13.0. The molecule has 24 heavy (non-hydrogen) atoms. The van der Waals surface area contributed by atoms with E-state index >= 15 is 0 Å². The quantitative estimate of drug-likeness (QED) is 0.736. The summed E-state index contributed by atoms with van der Waals surface area (Å²) in [5.41, 5.74) is 1.46. The minimum Gasteiger partial charge on any atom is -0.497 e. The first kappa shape index (κ1) is 15.4. The van der Waals surface area contributed by atoms with Crippen LogP contribution in [0.4, 0.5) is 0 Å². The number of nitrogens with zero attached hydrogens (tertiary/aromatic N) is 1. The summed E-state index contributed by atoms with van der Waals surface area (Å²) in [6.45, 7) is 2.24. The van der Waals surface area contributed by atoms with Crippen molar-refractivity contribution in [1.29, 1.82) is 5.26 Å². The van der Waals surface area contributed by atoms with Crippen LogP contribution >= 0.6 is 0 Å². The zero-order chi connectivity index (χ0) is 16.9. The lowest BCUT2D eigenvalue weighted by atomic mass is 9.44. The molecule has 1 saturated carbocycles. The van der Waals surface area contributed by atoms with Crippen LogP contribution in [0.1, 0.15) is 43.7 Å². The highest BCUT2D eigenvalue weighted by Gasteiger charge is 2.61. The molecular weight excluding hydrogens is 298 g/mol. The van der Waals surface area contributed by atoms with Crippen LogP contribution in [-0.2, 0) is 16.6 Å². The van der Waals surface area contributed by atoms with Crippen molar-refractivity contribution in [3.8, 4) is 11.8 Å². The second kappa shape index (κ2) is 5.21. The lowest BCUT2D eigenvalue weighted by Gasteiger charge is -2.57. The van der Waals surface area contributed by atoms with Crippen molar-refractivity contribution >= 4 is 5.78 Å². The summed E-state index contributed by atoms with van der Waals surface area (Å²) in [5.74, 6) is 1.41. The molecule has 1 aromatic carbocycles. The number of allylic oxidation sites excluding steroid dienone is 2. The molecule has 0 aliphatic heterocycles. The van der Waals surface area contributed by atoms with Crippen LogP contribution < -0.4 is 4.74 Å². The van der Waals surface area contributed by atoms with Gasteiger partial charge in [-0.3, -0.25) is 4.79 Å². The normalized spacial score (nSPS) is 37.0. The van der Waals surface area contributed by atoms with E-state index in [1.54, 1.807) is 7.11 Å². The van der Waals surface area contributed by atoms with Gasteiger partial charge in [0, 0.05) is 12.3 Å². The van der Waals surface area contributed by atoms with E-state index in [1.807, 2.05) is 18.2 Å². The Hall–Kier alpha value is -2.08. The van der Waals surface area contributed by atoms with Crippen LogP contribution in [0.25, 0.3) is 0 Å². The van der Waals surface area contributed by atoms with Crippen LogP contribution in [0.15, 0.2) is 30.4 Å². The van der Waals surface area contributed by atoms with Crippen LogP contribution in [-0.4, -0.2) is 12.9 Å². The number of Topliss-reactive ketones (excluding diaryl/α,β-unsaturated/α-hetero) is 1. The van der Waals surface area contributed by atoms with Gasteiger partial charge in [-0.15, -0.1) is 0 Å². The van der Waals surface area contributed by atoms with Gasteiger partial charge in [0.05, 0.1) is 18.6 Å². The summed E-state index contributed by atoms with van der Waals surface area (Å²) in [6, 6.07) is 8.62. The maximum atomic E-state index is 13.0. The number of methoxy groups -OCH3 is 1. The summed E-state index contributed by atoms with van der Waals surface area (Å²) in [7, 11) is 1.66. The molecule has 3 nitrogen and oxygen atoms in total. The summed E-state index contributed by atoms with van der Waals surface area (Å²) >= 11 is 0. The molecule has 0 unspecified atom stereocenters. The molecule has 0 amide bonds. The molecule has 0 spiro atoms. The van der Waals surface area contributed by atoms with E-state index in [0.717, 1.165) is 37.0 Å². The summed E-state index contributed by atoms with van der Waals surface area (Å²) < 4.78 is 5.35. The first-order chi connectivity index (χ1) is 11.5. The molecule has 1 fully saturated rings. The predicted octanol–water partition coefficient (Wildman–Crippen LogP) is 3.96. The lowest BCUT2D eigenvalue weighted by Crippen LogP contribution is -2.57. The number of carbonyl (C=O) groups is 1. The average molecular weight is 321 g/mol. The van der Waals surface area contributed by atoms with Gasteiger partial charge in [0.2, 0.25) is 0 Å². The topological polar surface area (TPSA) is 50.1 Å². The molecule has 3 heteroatoms. The van der Waals surface area contributed by atoms with Crippen molar-refractivity contribution in [2.75, 3.05) is 7.11 Å². The van der Waals surface area contributed by atoms with Gasteiger partial charge in [0.1, 0.15) is 11.5 Å². The van der Waals surface area contributed by atoms with E-state index in [4.69, 9.17) is 4.74 Å². The SMILES string of the molecule is COc1ccc2c(c1)CC[C@@H]1[C@@]3(C)CC=CC[C@H]3C(=O)C[C@]21C#N. The number of aryl methyl sites for hydroxylation is 1. The van der Waals surface area contributed by atoms with Crippen molar-refractivity contribution in [3.63, 3.8) is 0 Å². The van der Waals surface area contributed by atoms with E-state index in [9.17, 15) is 10.1 Å². The maximum Gasteiger partial charge on any atom is 0.138 e. The minimum atomic E-state index is -0.673. The smallest absolute Gasteiger partial charge is 0.138 e. The van der Waals surface area contributed by atoms with Crippen LogP contribution in [0.3, 0.4) is 0 Å². The van der Waals surface area contributed by atoms with Gasteiger partial charge in [-0.2, -0.15) is 5.26 Å². The Kier molecular flexibility index (Phi) is 3.35. The molecule has 0 N–H and O–H groups in total. The Labute approximate surface area is 143 Å². The summed E-state index contributed by atoms with van der Waals surface area (Å²) in [6.07, 6.45) is 8.39. The Morgan fingerprint density at radius 3 is 2.92 bits per heavy atom. The first-order valence-corrected chi connectivity index (χ1v) is 8.81. The first-order valence-electron chi connectivity index (χ1n) is 8.81. The van der Waals surface area contributed by atoms with E-state index in [-0.39, 0.29) is 23.0 Å². The van der Waals surface area contributed by atoms with Gasteiger partial charge in [-0.1, -0.05) is 25.1 Å². The minimum absolute atomic E-state index is 0.0776. The van der Waals surface area contributed by atoms with Crippen molar-refractivity contribution in [1.82, 2.24) is 0 Å². The molecule has 3 aliphatic carbocycles. The second-order valence-electron chi connectivity index (χ2n) is 7.81. The number of nitriles is 1. The molecule has 0 aromatic heterocycles. The third kappa shape index (κ3) is 1.86. The lowest BCUT2D eigenvalue weighted by molar-refractivity contribution is -0.138. The van der Waals surface area contributed by atoms with Gasteiger partial charge in [0.25, 0.3) is 0 Å². The number of ketones is 1. The zero-order valence-electron chi connectivity index (χ0n) is 14.3. The van der Waals surface area contributed by atoms with Crippen molar-refractivity contribution in [2.45, 2.75) is 44.4 Å². The number of carbonyl (C=O) groups excluding carboxylic acids is 1. The van der Waals surface area contributed by atoms with E-state index in [2.05, 4.69) is 25.1 Å². The van der Waals surface area contributed by atoms with E-state index in [1.165, 1.54) is 5.56 Å². The highest BCUT2D eigenvalue weighted by molar-refractivity contribution is 5.86. The van der Waals surface area contributed by atoms with Crippen molar-refractivity contribution in [3.05, 3.63) is 41.5 Å². The van der Waals surface area contributed by atoms with Crippen LogP contribution in [0.2, 0.25) is 0 Å². The maximum absolute atomic E-state index is 13.0. The Bertz CT molecular complexity index is 775. The molecule has 3 aliphatic rings. The van der Waals surface area contributed by atoms with Crippen LogP contribution in [0.5, 0.6) is 5.75 Å². The van der Waals surface area contributed by atoms with Gasteiger partial charge < -0.3 is 4.74 Å². The fourth-order valence-corrected chi connectivity index (χ4v) is 5.63. The van der Waals surface area contributed by atoms with Gasteiger partial charge >= 0.3 is 0 Å². The summed E-state index contributed by atoms with van der Waals surface area (Å²) in [5, 5.41) is 10.2. The molecular formula is C21H23NO2. The molecule has 4 atom stereocenters. The predicted molar refractivity (Wildman–Crippen MR) is 91.7 cm³/mol. The number of rotatable bonds is 1. The molecule has 0 radical (unpaired) electrons. The third-order valence-electron chi connectivity index (χ3n) is 6.82. The molecule has 4 rings (SSSR count). The number of hydrogen-bond acceptors (Lipinski definition) is 3. The molecule has 0 bridgehead atoms. The average Bonchev–Trinajstić information content (AvgIpc) is 2.60. The second-order valence-corrected chi connectivity index (χ2v) is 7.81. The Morgan fingerprint density at radius 1 is 1.33 bits per heavy atom. The largest absolute Gasteiger partial charge is 0.497 e. The van der Waals surface area contributed by atoms with E-state index in [0.29, 0.717) is 6.42 Å². The van der Waals surface area contributed by atoms with Gasteiger partial charge in [-0.25, -0.2) is 0 Å². The molecule has 0 heterocycles. The number of benzene rings is 1. The molecule has 1 aromatic rings. The molecule has 124 valence electrons. The Morgan fingerprint density at radius 2 is 2.17 bits per heavy atom. The Balaban J connectivity index is 1.89. The fourth-order valence-electron chi connectivity index (χ4n) is 5.63.